The van der Waals surface area contributed by atoms with Gasteiger partial charge in [-0.25, -0.2) is 10.3 Å². The van der Waals surface area contributed by atoms with Crippen molar-refractivity contribution in [2.24, 2.45) is 11.8 Å². The van der Waals surface area contributed by atoms with Crippen molar-refractivity contribution in [2.45, 2.75) is 64.5 Å². The molecule has 0 aromatic heterocycles. The van der Waals surface area contributed by atoms with Crippen LogP contribution in [0, 0.1) is 11.8 Å². The molecule has 1 saturated heterocycles. The minimum Gasteiger partial charge on any atom is -0.480 e. The van der Waals surface area contributed by atoms with Gasteiger partial charge in [0, 0.05) is 24.8 Å². The molecule has 0 spiro atoms. The van der Waals surface area contributed by atoms with Gasteiger partial charge >= 0.3 is 5.97 Å². The number of nitrogens with one attached hydrogen (secondary N) is 1. The lowest BCUT2D eigenvalue weighted by Crippen LogP contribution is -2.46. The van der Waals surface area contributed by atoms with Crippen LogP contribution in [0.3, 0.4) is 0 Å². The van der Waals surface area contributed by atoms with Gasteiger partial charge in [0.05, 0.1) is 0 Å². The number of nitrogens with zero attached hydrogens (tertiary/aromatic N) is 1. The number of rotatable bonds is 11. The Labute approximate surface area is 165 Å². The van der Waals surface area contributed by atoms with Gasteiger partial charge in [-0.1, -0.05) is 50.6 Å². The van der Waals surface area contributed by atoms with E-state index in [1.54, 1.807) is 24.3 Å². The molecule has 7 nitrogen and oxygen atoms in total. The summed E-state index contributed by atoms with van der Waals surface area (Å²) >= 11 is 0. The van der Waals surface area contributed by atoms with Crippen LogP contribution in [0.15, 0.2) is 30.3 Å². The third kappa shape index (κ3) is 5.87. The Hall–Kier alpha value is -2.25. The molecule has 1 aliphatic rings. The Kier molecular flexibility index (Phi) is 8.14. The van der Waals surface area contributed by atoms with Crippen LogP contribution in [0.4, 0.5) is 0 Å². The average Bonchev–Trinajstić information content (AvgIpc) is 2.93. The standard InChI is InChI=1S/C21H30N2O5/c1-14(2)11-17(22-28)10-6-9-16-13-19(24)23(20(16)25)18(21(26)27)12-15-7-4-3-5-8-15/h3-5,7-8,14,16-18,22,28H,6,9-13H2,1-2H3,(H,26,27). The maximum Gasteiger partial charge on any atom is 0.327 e. The fourth-order valence-corrected chi connectivity index (χ4v) is 3.81. The van der Waals surface area contributed by atoms with E-state index in [2.05, 4.69) is 19.3 Å². The number of carboxylic acids is 1. The maximum absolute atomic E-state index is 12.8. The van der Waals surface area contributed by atoms with Gasteiger partial charge in [-0.05, 0) is 30.7 Å². The van der Waals surface area contributed by atoms with Crippen molar-refractivity contribution in [3.63, 3.8) is 0 Å². The predicted octanol–water partition coefficient (Wildman–Crippen LogP) is 2.62. The van der Waals surface area contributed by atoms with E-state index in [1.165, 1.54) is 0 Å². The van der Waals surface area contributed by atoms with Crippen LogP contribution in [0.25, 0.3) is 0 Å². The molecule has 0 radical (unpaired) electrons. The average molecular weight is 390 g/mol. The smallest absolute Gasteiger partial charge is 0.327 e. The summed E-state index contributed by atoms with van der Waals surface area (Å²) in [6, 6.07) is 7.77. The Balaban J connectivity index is 1.98. The van der Waals surface area contributed by atoms with Crippen LogP contribution in [-0.2, 0) is 20.8 Å². The summed E-state index contributed by atoms with van der Waals surface area (Å²) in [6.07, 6.45) is 2.86. The molecule has 28 heavy (non-hydrogen) atoms. The molecule has 1 aromatic rings. The number of hydrogen-bond donors (Lipinski definition) is 3. The molecule has 1 heterocycles. The zero-order valence-electron chi connectivity index (χ0n) is 16.5. The molecule has 0 bridgehead atoms. The molecule has 2 rings (SSSR count). The molecule has 3 atom stereocenters. The van der Waals surface area contributed by atoms with Gasteiger partial charge in [-0.15, -0.1) is 0 Å². The molecule has 1 fully saturated rings. The molecule has 3 unspecified atom stereocenters. The minimum absolute atomic E-state index is 0.0480. The van der Waals surface area contributed by atoms with Crippen molar-refractivity contribution >= 4 is 17.8 Å². The SMILES string of the molecule is CC(C)CC(CCCC1CC(=O)N(C(Cc2ccccc2)C(=O)O)C1=O)NO. The molecule has 7 heteroatoms. The first kappa shape index (κ1) is 22.0. The van der Waals surface area contributed by atoms with Crippen LogP contribution in [0.5, 0.6) is 0 Å². The van der Waals surface area contributed by atoms with Crippen LogP contribution >= 0.6 is 0 Å². The number of benzene rings is 1. The second kappa shape index (κ2) is 10.3. The second-order valence-corrected chi connectivity index (χ2v) is 7.93. The third-order valence-corrected chi connectivity index (χ3v) is 5.19. The van der Waals surface area contributed by atoms with Gasteiger partial charge < -0.3 is 10.3 Å². The van der Waals surface area contributed by atoms with Crippen LogP contribution in [-0.4, -0.2) is 45.1 Å². The largest absolute Gasteiger partial charge is 0.480 e. The Morgan fingerprint density at radius 1 is 1.25 bits per heavy atom. The normalized spacial score (nSPS) is 19.3. The van der Waals surface area contributed by atoms with E-state index in [0.29, 0.717) is 25.2 Å². The Morgan fingerprint density at radius 3 is 2.50 bits per heavy atom. The first-order valence-electron chi connectivity index (χ1n) is 9.85. The van der Waals surface area contributed by atoms with Gasteiger partial charge in [0.2, 0.25) is 11.8 Å². The van der Waals surface area contributed by atoms with Crippen molar-refractivity contribution in [2.75, 3.05) is 0 Å². The van der Waals surface area contributed by atoms with Gasteiger partial charge in [0.15, 0.2) is 0 Å². The zero-order chi connectivity index (χ0) is 20.7. The predicted molar refractivity (Wildman–Crippen MR) is 104 cm³/mol. The number of aliphatic carboxylic acids is 1. The lowest BCUT2D eigenvalue weighted by molar-refractivity contribution is -0.154. The fourth-order valence-electron chi connectivity index (χ4n) is 3.81. The topological polar surface area (TPSA) is 107 Å². The quantitative estimate of drug-likeness (QED) is 0.396. The van der Waals surface area contributed by atoms with Gasteiger partial charge in [0.25, 0.3) is 0 Å². The minimum atomic E-state index is -1.18. The molecule has 3 N–H and O–H groups in total. The van der Waals surface area contributed by atoms with E-state index in [9.17, 15) is 24.7 Å². The first-order chi connectivity index (χ1) is 13.3. The molecule has 0 saturated carbocycles. The summed E-state index contributed by atoms with van der Waals surface area (Å²) in [5.74, 6) is -2.04. The maximum atomic E-state index is 12.8. The second-order valence-electron chi connectivity index (χ2n) is 7.93. The fraction of sp³-hybridized carbons (Fsp3) is 0.571. The Bertz CT molecular complexity index is 677. The molecule has 1 aromatic carbocycles. The van der Waals surface area contributed by atoms with Gasteiger partial charge in [-0.3, -0.25) is 14.5 Å². The third-order valence-electron chi connectivity index (χ3n) is 5.19. The van der Waals surface area contributed by atoms with Crippen LogP contribution in [0.1, 0.15) is 51.5 Å². The molecular weight excluding hydrogens is 360 g/mol. The van der Waals surface area contributed by atoms with Crippen molar-refractivity contribution < 1.29 is 24.7 Å². The summed E-state index contributed by atoms with van der Waals surface area (Å²) < 4.78 is 0. The zero-order valence-corrected chi connectivity index (χ0v) is 16.5. The van der Waals surface area contributed by atoms with E-state index in [-0.39, 0.29) is 18.9 Å². The van der Waals surface area contributed by atoms with E-state index in [4.69, 9.17) is 0 Å². The lowest BCUT2D eigenvalue weighted by Gasteiger charge is -2.23. The number of likely N-dealkylation sites (tertiary alicyclic amines) is 1. The highest BCUT2D eigenvalue weighted by molar-refractivity contribution is 6.06. The summed E-state index contributed by atoms with van der Waals surface area (Å²) in [5.41, 5.74) is 3.08. The van der Waals surface area contributed by atoms with Crippen molar-refractivity contribution in [1.29, 1.82) is 0 Å². The molecule has 2 amide bonds. The lowest BCUT2D eigenvalue weighted by atomic mass is 9.95. The highest BCUT2D eigenvalue weighted by Crippen LogP contribution is 2.28. The van der Waals surface area contributed by atoms with E-state index in [0.717, 1.165) is 16.9 Å². The van der Waals surface area contributed by atoms with E-state index in [1.807, 2.05) is 6.07 Å². The summed E-state index contributed by atoms with van der Waals surface area (Å²) in [4.78, 5) is 37.9. The number of carboxylic acid groups (broad SMARTS) is 1. The summed E-state index contributed by atoms with van der Waals surface area (Å²) in [5, 5.41) is 18.8. The highest BCUT2D eigenvalue weighted by atomic mass is 16.5. The molecule has 1 aliphatic heterocycles. The Morgan fingerprint density at radius 2 is 1.93 bits per heavy atom. The number of imide groups is 1. The van der Waals surface area contributed by atoms with Crippen molar-refractivity contribution in [3.8, 4) is 0 Å². The van der Waals surface area contributed by atoms with Crippen LogP contribution in [0.2, 0.25) is 0 Å². The summed E-state index contributed by atoms with van der Waals surface area (Å²) in [7, 11) is 0. The van der Waals surface area contributed by atoms with Gasteiger partial charge in [0.1, 0.15) is 6.04 Å². The van der Waals surface area contributed by atoms with E-state index < -0.39 is 29.7 Å². The number of amides is 2. The molecule has 0 aliphatic carbocycles. The molecular formula is C21H30N2O5. The van der Waals surface area contributed by atoms with Gasteiger partial charge in [-0.2, -0.15) is 0 Å². The van der Waals surface area contributed by atoms with Crippen molar-refractivity contribution in [1.82, 2.24) is 10.4 Å². The van der Waals surface area contributed by atoms with Crippen LogP contribution < -0.4 is 5.48 Å². The monoisotopic (exact) mass is 390 g/mol. The highest BCUT2D eigenvalue weighted by Gasteiger charge is 2.44. The number of carbonyl (C=O) groups is 3. The summed E-state index contributed by atoms with van der Waals surface area (Å²) in [6.45, 7) is 4.14. The number of hydrogen-bond acceptors (Lipinski definition) is 5. The number of carbonyl (C=O) groups excluding carboxylic acids is 2. The van der Waals surface area contributed by atoms with E-state index >= 15 is 0 Å². The number of hydroxylamine groups is 1. The van der Waals surface area contributed by atoms with Crippen molar-refractivity contribution in [3.05, 3.63) is 35.9 Å². The first-order valence-corrected chi connectivity index (χ1v) is 9.85. The molecule has 154 valence electrons.